The molecule has 1 aliphatic heterocycles. The van der Waals surface area contributed by atoms with E-state index in [1.54, 1.807) is 6.08 Å². The van der Waals surface area contributed by atoms with E-state index in [4.69, 9.17) is 9.47 Å². The van der Waals surface area contributed by atoms with Gasteiger partial charge >= 0.3 is 0 Å². The summed E-state index contributed by atoms with van der Waals surface area (Å²) in [6.45, 7) is 11.0. The molecule has 0 aromatic heterocycles. The van der Waals surface area contributed by atoms with Crippen molar-refractivity contribution in [3.8, 4) is 11.5 Å². The topological polar surface area (TPSA) is 42.5 Å². The highest BCUT2D eigenvalue weighted by atomic mass is 35.5. The number of piperidine rings is 1. The third-order valence-corrected chi connectivity index (χ3v) is 3.89. The van der Waals surface area contributed by atoms with Crippen molar-refractivity contribution in [2.45, 2.75) is 26.3 Å². The molecule has 0 spiro atoms. The van der Waals surface area contributed by atoms with E-state index in [2.05, 4.69) is 29.3 Å². The van der Waals surface area contributed by atoms with E-state index < -0.39 is 0 Å². The smallest absolute Gasteiger partial charge is 0.161 e. The first kappa shape index (κ1) is 23.1. The van der Waals surface area contributed by atoms with Crippen LogP contribution in [0.4, 0.5) is 0 Å². The van der Waals surface area contributed by atoms with Gasteiger partial charge in [0.1, 0.15) is 6.61 Å². The van der Waals surface area contributed by atoms with Crippen LogP contribution in [0.15, 0.2) is 30.9 Å². The summed E-state index contributed by atoms with van der Waals surface area (Å²) < 4.78 is 11.3. The van der Waals surface area contributed by atoms with E-state index in [0.29, 0.717) is 13.2 Å². The summed E-state index contributed by atoms with van der Waals surface area (Å²) in [6.07, 6.45) is 4.28. The van der Waals surface area contributed by atoms with Crippen LogP contribution in [-0.2, 0) is 6.54 Å². The second kappa shape index (κ2) is 13.4. The molecule has 0 radical (unpaired) electrons. The minimum Gasteiger partial charge on any atom is -0.490 e. The van der Waals surface area contributed by atoms with Gasteiger partial charge in [-0.05, 0) is 63.0 Å². The highest BCUT2D eigenvalue weighted by Crippen LogP contribution is 2.28. The van der Waals surface area contributed by atoms with Gasteiger partial charge in [-0.15, -0.1) is 24.8 Å². The quantitative estimate of drug-likeness (QED) is 0.646. The molecule has 1 aliphatic rings. The minimum atomic E-state index is 0. The van der Waals surface area contributed by atoms with Crippen LogP contribution in [0.5, 0.6) is 11.5 Å². The fourth-order valence-corrected chi connectivity index (χ4v) is 2.71. The zero-order chi connectivity index (χ0) is 15.6. The van der Waals surface area contributed by atoms with Gasteiger partial charge in [-0.25, -0.2) is 0 Å². The molecule has 0 saturated carbocycles. The predicted molar refractivity (Wildman–Crippen MR) is 105 cm³/mol. The monoisotopic (exact) mass is 376 g/mol. The Labute approximate surface area is 158 Å². The first-order chi connectivity index (χ1) is 10.8. The Morgan fingerprint density at radius 2 is 1.96 bits per heavy atom. The normalized spacial score (nSPS) is 14.2. The third kappa shape index (κ3) is 7.75. The highest BCUT2D eigenvalue weighted by molar-refractivity contribution is 5.85. The van der Waals surface area contributed by atoms with Crippen molar-refractivity contribution >= 4 is 24.8 Å². The van der Waals surface area contributed by atoms with Crippen LogP contribution in [0.1, 0.15) is 25.3 Å². The Morgan fingerprint density at radius 1 is 1.21 bits per heavy atom. The molecule has 0 bridgehead atoms. The van der Waals surface area contributed by atoms with Crippen molar-refractivity contribution in [2.24, 2.45) is 5.92 Å². The Kier molecular flexibility index (Phi) is 12.8. The van der Waals surface area contributed by atoms with Crippen LogP contribution in [-0.4, -0.2) is 32.8 Å². The van der Waals surface area contributed by atoms with Gasteiger partial charge in [0.25, 0.3) is 0 Å². The van der Waals surface area contributed by atoms with Crippen LogP contribution in [0.2, 0.25) is 0 Å². The van der Waals surface area contributed by atoms with E-state index in [1.807, 2.05) is 13.0 Å². The maximum Gasteiger partial charge on any atom is 0.161 e. The fraction of sp³-hybridized carbons (Fsp3) is 0.556. The van der Waals surface area contributed by atoms with Crippen molar-refractivity contribution in [3.05, 3.63) is 36.4 Å². The lowest BCUT2D eigenvalue weighted by Crippen LogP contribution is -2.33. The summed E-state index contributed by atoms with van der Waals surface area (Å²) in [4.78, 5) is 0. The first-order valence-electron chi connectivity index (χ1n) is 8.24. The molecule has 1 saturated heterocycles. The molecule has 0 unspecified atom stereocenters. The predicted octanol–water partition coefficient (Wildman–Crippen LogP) is 3.58. The van der Waals surface area contributed by atoms with Gasteiger partial charge in [-0.3, -0.25) is 0 Å². The Hall–Kier alpha value is -0.940. The molecule has 1 aromatic rings. The summed E-state index contributed by atoms with van der Waals surface area (Å²) >= 11 is 0. The van der Waals surface area contributed by atoms with Crippen molar-refractivity contribution in [1.29, 1.82) is 0 Å². The van der Waals surface area contributed by atoms with Crippen LogP contribution < -0.4 is 20.1 Å². The van der Waals surface area contributed by atoms with Gasteiger partial charge < -0.3 is 20.1 Å². The lowest BCUT2D eigenvalue weighted by Gasteiger charge is -2.23. The molecule has 0 aliphatic carbocycles. The van der Waals surface area contributed by atoms with Crippen molar-refractivity contribution < 1.29 is 9.47 Å². The number of halogens is 2. The molecule has 6 heteroatoms. The second-order valence-corrected chi connectivity index (χ2v) is 5.64. The Bertz CT molecular complexity index is 466. The number of hydrogen-bond acceptors (Lipinski definition) is 4. The molecule has 0 amide bonds. The summed E-state index contributed by atoms with van der Waals surface area (Å²) in [5.41, 5.74) is 1.23. The van der Waals surface area contributed by atoms with Crippen molar-refractivity contribution in [3.63, 3.8) is 0 Å². The van der Waals surface area contributed by atoms with Gasteiger partial charge in [0.15, 0.2) is 11.5 Å². The van der Waals surface area contributed by atoms with E-state index in [9.17, 15) is 0 Å². The van der Waals surface area contributed by atoms with E-state index in [0.717, 1.165) is 43.6 Å². The van der Waals surface area contributed by atoms with Crippen LogP contribution in [0.25, 0.3) is 0 Å². The highest BCUT2D eigenvalue weighted by Gasteiger charge is 2.12. The third-order valence-electron chi connectivity index (χ3n) is 3.89. The number of hydrogen-bond donors (Lipinski definition) is 2. The number of rotatable bonds is 9. The maximum absolute atomic E-state index is 5.68. The largest absolute Gasteiger partial charge is 0.490 e. The molecule has 1 aromatic carbocycles. The summed E-state index contributed by atoms with van der Waals surface area (Å²) in [5, 5.41) is 6.97. The fourth-order valence-electron chi connectivity index (χ4n) is 2.71. The van der Waals surface area contributed by atoms with Crippen LogP contribution in [0, 0.1) is 5.92 Å². The summed E-state index contributed by atoms with van der Waals surface area (Å²) in [7, 11) is 0. The number of ether oxygens (including phenoxy) is 2. The average Bonchev–Trinajstić information content (AvgIpc) is 2.55. The zero-order valence-electron chi connectivity index (χ0n) is 14.4. The molecule has 0 atom stereocenters. The molecule has 2 N–H and O–H groups in total. The molecule has 4 nitrogen and oxygen atoms in total. The average molecular weight is 377 g/mol. The molecule has 1 fully saturated rings. The Morgan fingerprint density at radius 3 is 2.62 bits per heavy atom. The number of nitrogens with one attached hydrogen (secondary N) is 2. The minimum absolute atomic E-state index is 0. The number of benzene rings is 1. The Balaban J connectivity index is 0.00000264. The standard InChI is InChI=1S/C18H28N2O2.2ClH/c1-3-11-22-17-6-5-16(12-18(17)21-4-2)14-20-13-15-7-9-19-10-8-15;;/h3,5-6,12,15,19-20H,1,4,7-11,13-14H2,2H3;2*1H. The lowest BCUT2D eigenvalue weighted by atomic mass is 9.98. The van der Waals surface area contributed by atoms with Gasteiger partial charge in [0, 0.05) is 6.54 Å². The molecule has 1 heterocycles. The van der Waals surface area contributed by atoms with Crippen LogP contribution >= 0.6 is 24.8 Å². The van der Waals surface area contributed by atoms with Crippen LogP contribution in [0.3, 0.4) is 0 Å². The maximum atomic E-state index is 5.68. The second-order valence-electron chi connectivity index (χ2n) is 5.64. The van der Waals surface area contributed by atoms with E-state index in [-0.39, 0.29) is 24.8 Å². The van der Waals surface area contributed by atoms with Crippen molar-refractivity contribution in [1.82, 2.24) is 10.6 Å². The van der Waals surface area contributed by atoms with Gasteiger partial charge in [0.05, 0.1) is 6.61 Å². The lowest BCUT2D eigenvalue weighted by molar-refractivity contribution is 0.296. The molecular formula is C18H30Cl2N2O2. The van der Waals surface area contributed by atoms with Gasteiger partial charge in [-0.1, -0.05) is 18.7 Å². The molecule has 138 valence electrons. The van der Waals surface area contributed by atoms with E-state index >= 15 is 0 Å². The van der Waals surface area contributed by atoms with E-state index in [1.165, 1.54) is 18.4 Å². The summed E-state index contributed by atoms with van der Waals surface area (Å²) in [5.74, 6) is 2.39. The van der Waals surface area contributed by atoms with Crippen molar-refractivity contribution in [2.75, 3.05) is 32.8 Å². The molecular weight excluding hydrogens is 347 g/mol. The zero-order valence-corrected chi connectivity index (χ0v) is 16.0. The first-order valence-corrected chi connectivity index (χ1v) is 8.24. The molecule has 2 rings (SSSR count). The molecule has 24 heavy (non-hydrogen) atoms. The van der Waals surface area contributed by atoms with Gasteiger partial charge in [0.2, 0.25) is 0 Å². The SMILES string of the molecule is C=CCOc1ccc(CNCC2CCNCC2)cc1OCC.Cl.Cl. The van der Waals surface area contributed by atoms with Gasteiger partial charge in [-0.2, -0.15) is 0 Å². The summed E-state index contributed by atoms with van der Waals surface area (Å²) in [6, 6.07) is 6.14.